The Labute approximate surface area is 112 Å². The molecule has 2 rings (SSSR count). The van der Waals surface area contributed by atoms with E-state index in [4.69, 9.17) is 16.3 Å². The number of pyridine rings is 1. The summed E-state index contributed by atoms with van der Waals surface area (Å²) in [6, 6.07) is 13.0. The van der Waals surface area contributed by atoms with E-state index in [0.29, 0.717) is 16.7 Å². The molecular formula is C14H15ClN2O. The predicted octanol–water partition coefficient (Wildman–Crippen LogP) is 4.35. The molecule has 18 heavy (non-hydrogen) atoms. The van der Waals surface area contributed by atoms with Crippen molar-refractivity contribution in [3.8, 4) is 11.6 Å². The number of nitrogens with one attached hydrogen (secondary N) is 1. The van der Waals surface area contributed by atoms with Gasteiger partial charge in [-0.05, 0) is 24.6 Å². The summed E-state index contributed by atoms with van der Waals surface area (Å²) in [7, 11) is 0. The van der Waals surface area contributed by atoms with Crippen molar-refractivity contribution in [1.82, 2.24) is 4.98 Å². The number of ether oxygens (including phenoxy) is 1. The number of benzene rings is 1. The number of hydrogen-bond donors (Lipinski definition) is 1. The Hall–Kier alpha value is -1.74. The van der Waals surface area contributed by atoms with Gasteiger partial charge in [-0.15, -0.1) is 0 Å². The van der Waals surface area contributed by atoms with Crippen LogP contribution in [-0.4, -0.2) is 11.5 Å². The minimum Gasteiger partial charge on any atom is -0.437 e. The van der Waals surface area contributed by atoms with Gasteiger partial charge in [0.15, 0.2) is 0 Å². The first kappa shape index (κ1) is 12.7. The average Bonchev–Trinajstić information content (AvgIpc) is 2.40. The Kier molecular flexibility index (Phi) is 4.42. The lowest BCUT2D eigenvalue weighted by Gasteiger charge is -2.08. The first-order chi connectivity index (χ1) is 8.79. The molecule has 0 saturated carbocycles. The first-order valence-electron chi connectivity index (χ1n) is 5.93. The van der Waals surface area contributed by atoms with Crippen molar-refractivity contribution in [2.24, 2.45) is 0 Å². The van der Waals surface area contributed by atoms with Crippen LogP contribution in [-0.2, 0) is 0 Å². The molecule has 0 fully saturated rings. The third-order valence-electron chi connectivity index (χ3n) is 2.33. The first-order valence-corrected chi connectivity index (χ1v) is 6.30. The van der Waals surface area contributed by atoms with Gasteiger partial charge in [-0.2, -0.15) is 4.98 Å². The molecule has 0 bridgehead atoms. The monoisotopic (exact) mass is 262 g/mol. The summed E-state index contributed by atoms with van der Waals surface area (Å²) >= 11 is 6.03. The number of halogens is 1. The topological polar surface area (TPSA) is 34.1 Å². The van der Waals surface area contributed by atoms with Gasteiger partial charge < -0.3 is 10.1 Å². The number of rotatable bonds is 5. The van der Waals surface area contributed by atoms with Crippen molar-refractivity contribution >= 4 is 17.4 Å². The van der Waals surface area contributed by atoms with Crippen LogP contribution in [0.15, 0.2) is 42.5 Å². The van der Waals surface area contributed by atoms with Gasteiger partial charge >= 0.3 is 0 Å². The fourth-order valence-electron chi connectivity index (χ4n) is 1.46. The van der Waals surface area contributed by atoms with Gasteiger partial charge in [0, 0.05) is 12.6 Å². The molecule has 1 aromatic carbocycles. The second kappa shape index (κ2) is 6.26. The highest BCUT2D eigenvalue weighted by Crippen LogP contribution is 2.28. The van der Waals surface area contributed by atoms with Gasteiger partial charge in [0.25, 0.3) is 0 Å². The molecule has 0 saturated heterocycles. The SMILES string of the molecule is CCCNc1cccc(Oc2ccccc2Cl)n1. The standard InChI is InChI=1S/C14H15ClN2O/c1-2-10-16-13-8-5-9-14(17-13)18-12-7-4-3-6-11(12)15/h3-9H,2,10H2,1H3,(H,16,17). The smallest absolute Gasteiger partial charge is 0.221 e. The highest BCUT2D eigenvalue weighted by molar-refractivity contribution is 6.32. The molecule has 3 nitrogen and oxygen atoms in total. The van der Waals surface area contributed by atoms with Crippen LogP contribution >= 0.6 is 11.6 Å². The van der Waals surface area contributed by atoms with E-state index in [1.54, 1.807) is 12.1 Å². The third kappa shape index (κ3) is 3.37. The third-order valence-corrected chi connectivity index (χ3v) is 2.64. The second-order valence-electron chi connectivity index (χ2n) is 3.82. The highest BCUT2D eigenvalue weighted by Gasteiger charge is 2.03. The summed E-state index contributed by atoms with van der Waals surface area (Å²) < 4.78 is 5.65. The van der Waals surface area contributed by atoms with E-state index < -0.39 is 0 Å². The molecule has 0 unspecified atom stereocenters. The number of nitrogens with zero attached hydrogens (tertiary/aromatic N) is 1. The van der Waals surface area contributed by atoms with Crippen LogP contribution in [0.25, 0.3) is 0 Å². The van der Waals surface area contributed by atoms with E-state index in [0.717, 1.165) is 18.8 Å². The van der Waals surface area contributed by atoms with Gasteiger partial charge in [-0.3, -0.25) is 0 Å². The van der Waals surface area contributed by atoms with Crippen LogP contribution in [0.3, 0.4) is 0 Å². The maximum atomic E-state index is 6.03. The Balaban J connectivity index is 2.12. The minimum atomic E-state index is 0.532. The van der Waals surface area contributed by atoms with Crippen molar-refractivity contribution in [2.45, 2.75) is 13.3 Å². The molecule has 0 aliphatic carbocycles. The number of anilines is 1. The van der Waals surface area contributed by atoms with Crippen LogP contribution < -0.4 is 10.1 Å². The number of para-hydroxylation sites is 1. The van der Waals surface area contributed by atoms with E-state index in [9.17, 15) is 0 Å². The molecular weight excluding hydrogens is 248 g/mol. The van der Waals surface area contributed by atoms with Gasteiger partial charge in [-0.1, -0.05) is 36.7 Å². The number of hydrogen-bond acceptors (Lipinski definition) is 3. The van der Waals surface area contributed by atoms with Crippen LogP contribution in [0, 0.1) is 0 Å². The quantitative estimate of drug-likeness (QED) is 0.870. The van der Waals surface area contributed by atoms with Gasteiger partial charge in [0.1, 0.15) is 11.6 Å². The van der Waals surface area contributed by atoms with E-state index in [1.165, 1.54) is 0 Å². The lowest BCUT2D eigenvalue weighted by Crippen LogP contribution is -2.02. The van der Waals surface area contributed by atoms with E-state index in [1.807, 2.05) is 30.3 Å². The maximum absolute atomic E-state index is 6.03. The van der Waals surface area contributed by atoms with E-state index in [2.05, 4.69) is 17.2 Å². The molecule has 1 N–H and O–H groups in total. The molecule has 0 atom stereocenters. The summed E-state index contributed by atoms with van der Waals surface area (Å²) in [5, 5.41) is 3.79. The molecule has 0 radical (unpaired) electrons. The van der Waals surface area contributed by atoms with E-state index >= 15 is 0 Å². The van der Waals surface area contributed by atoms with Gasteiger partial charge in [0.2, 0.25) is 5.88 Å². The Morgan fingerprint density at radius 3 is 2.78 bits per heavy atom. The van der Waals surface area contributed by atoms with Crippen molar-refractivity contribution in [3.63, 3.8) is 0 Å². The molecule has 2 aromatic rings. The van der Waals surface area contributed by atoms with Crippen LogP contribution in [0.4, 0.5) is 5.82 Å². The molecule has 0 aliphatic rings. The molecule has 94 valence electrons. The highest BCUT2D eigenvalue weighted by atomic mass is 35.5. The molecule has 0 spiro atoms. The fraction of sp³-hybridized carbons (Fsp3) is 0.214. The van der Waals surface area contributed by atoms with Crippen LogP contribution in [0.2, 0.25) is 5.02 Å². The number of aromatic nitrogens is 1. The summed E-state index contributed by atoms with van der Waals surface area (Å²) in [6.45, 7) is 3.00. The Morgan fingerprint density at radius 2 is 2.00 bits per heavy atom. The second-order valence-corrected chi connectivity index (χ2v) is 4.23. The zero-order valence-corrected chi connectivity index (χ0v) is 10.9. The largest absolute Gasteiger partial charge is 0.437 e. The Morgan fingerprint density at radius 1 is 1.17 bits per heavy atom. The molecule has 0 aliphatic heterocycles. The molecule has 1 aromatic heterocycles. The summed E-state index contributed by atoms with van der Waals surface area (Å²) in [6.07, 6.45) is 1.05. The fourth-order valence-corrected chi connectivity index (χ4v) is 1.64. The summed E-state index contributed by atoms with van der Waals surface area (Å²) in [5.74, 6) is 1.95. The van der Waals surface area contributed by atoms with Gasteiger partial charge in [0.05, 0.1) is 5.02 Å². The maximum Gasteiger partial charge on any atom is 0.221 e. The van der Waals surface area contributed by atoms with Gasteiger partial charge in [-0.25, -0.2) is 0 Å². The normalized spacial score (nSPS) is 10.1. The summed E-state index contributed by atoms with van der Waals surface area (Å²) in [4.78, 5) is 4.35. The lowest BCUT2D eigenvalue weighted by molar-refractivity contribution is 0.464. The summed E-state index contributed by atoms with van der Waals surface area (Å²) in [5.41, 5.74) is 0. The zero-order valence-electron chi connectivity index (χ0n) is 10.2. The molecule has 4 heteroatoms. The van der Waals surface area contributed by atoms with Crippen molar-refractivity contribution in [1.29, 1.82) is 0 Å². The van der Waals surface area contributed by atoms with E-state index in [-0.39, 0.29) is 0 Å². The molecule has 1 heterocycles. The van der Waals surface area contributed by atoms with Crippen LogP contribution in [0.1, 0.15) is 13.3 Å². The van der Waals surface area contributed by atoms with Crippen LogP contribution in [0.5, 0.6) is 11.6 Å². The Bertz CT molecular complexity index is 517. The lowest BCUT2D eigenvalue weighted by atomic mass is 10.3. The predicted molar refractivity (Wildman–Crippen MR) is 74.5 cm³/mol. The van der Waals surface area contributed by atoms with Crippen molar-refractivity contribution in [3.05, 3.63) is 47.5 Å². The van der Waals surface area contributed by atoms with Crippen molar-refractivity contribution < 1.29 is 4.74 Å². The average molecular weight is 263 g/mol. The molecule has 0 amide bonds. The van der Waals surface area contributed by atoms with Crippen molar-refractivity contribution in [2.75, 3.05) is 11.9 Å². The minimum absolute atomic E-state index is 0.532. The zero-order chi connectivity index (χ0) is 12.8.